The Hall–Kier alpha value is -3.43. The van der Waals surface area contributed by atoms with Crippen molar-refractivity contribution in [1.29, 1.82) is 10.8 Å². The summed E-state index contributed by atoms with van der Waals surface area (Å²) < 4.78 is 33.1. The number of aryl methyl sites for hydroxylation is 1. The normalized spacial score (nSPS) is 23.8. The molecule has 1 aromatic carbocycles. The number of ether oxygens (including phenoxy) is 1. The standard InChI is InChI=1S/C22H24F2N6O2/c1-11-4-15-8-22(7-11,20(26)32-13(3)25)30(15)21(31)29-18-6-16(12(2)5-17(18)24)19-27-9-14(23)10-28-19/h5-6,9-11,15,25-26H,4,7-8H2,1-3H3,(H,29,31)/t11-,15?,22?/m0/s1. The molecule has 2 amide bonds. The first-order valence-corrected chi connectivity index (χ1v) is 10.3. The van der Waals surface area contributed by atoms with Gasteiger partial charge in [-0.15, -0.1) is 0 Å². The minimum absolute atomic E-state index is 0.0626. The molecule has 0 spiro atoms. The third kappa shape index (κ3) is 3.69. The monoisotopic (exact) mass is 442 g/mol. The Morgan fingerprint density at radius 3 is 2.59 bits per heavy atom. The van der Waals surface area contributed by atoms with E-state index in [-0.39, 0.29) is 35.3 Å². The quantitative estimate of drug-likeness (QED) is 0.480. The summed E-state index contributed by atoms with van der Waals surface area (Å²) in [5.74, 6) is -0.992. The van der Waals surface area contributed by atoms with Gasteiger partial charge >= 0.3 is 6.03 Å². The van der Waals surface area contributed by atoms with Gasteiger partial charge in [0.1, 0.15) is 11.4 Å². The molecular formula is C22H24F2N6O2. The molecule has 1 aliphatic heterocycles. The second kappa shape index (κ2) is 7.92. The molecule has 8 nitrogen and oxygen atoms in total. The number of rotatable bonds is 3. The van der Waals surface area contributed by atoms with Crippen LogP contribution in [0.2, 0.25) is 0 Å². The van der Waals surface area contributed by atoms with Crippen LogP contribution in [0.5, 0.6) is 0 Å². The van der Waals surface area contributed by atoms with Crippen LogP contribution in [-0.2, 0) is 4.74 Å². The number of aromatic nitrogens is 2. The Morgan fingerprint density at radius 1 is 1.25 bits per heavy atom. The summed E-state index contributed by atoms with van der Waals surface area (Å²) in [7, 11) is 0. The predicted octanol–water partition coefficient (Wildman–Crippen LogP) is 4.50. The Morgan fingerprint density at radius 2 is 1.94 bits per heavy atom. The summed E-state index contributed by atoms with van der Waals surface area (Å²) in [6.07, 6.45) is 3.92. The lowest BCUT2D eigenvalue weighted by atomic mass is 9.64. The molecule has 10 heteroatoms. The summed E-state index contributed by atoms with van der Waals surface area (Å²) >= 11 is 0. The molecule has 1 saturated heterocycles. The molecule has 2 bridgehead atoms. The van der Waals surface area contributed by atoms with Crippen molar-refractivity contribution < 1.29 is 18.3 Å². The molecule has 3 atom stereocenters. The number of fused-ring (bicyclic) bond motifs is 2. The van der Waals surface area contributed by atoms with Crippen molar-refractivity contribution in [3.05, 3.63) is 41.7 Å². The maximum atomic E-state index is 14.7. The van der Waals surface area contributed by atoms with Crippen LogP contribution >= 0.6 is 0 Å². The Bertz CT molecular complexity index is 1110. The third-order valence-corrected chi connectivity index (χ3v) is 6.07. The average molecular weight is 442 g/mol. The highest BCUT2D eigenvalue weighted by atomic mass is 19.1. The van der Waals surface area contributed by atoms with Gasteiger partial charge in [-0.2, -0.15) is 0 Å². The molecule has 4 rings (SSSR count). The van der Waals surface area contributed by atoms with E-state index in [1.165, 1.54) is 24.0 Å². The first-order chi connectivity index (χ1) is 15.1. The van der Waals surface area contributed by atoms with Gasteiger partial charge in [0.15, 0.2) is 17.5 Å². The predicted molar refractivity (Wildman–Crippen MR) is 115 cm³/mol. The number of hydrogen-bond acceptors (Lipinski definition) is 6. The van der Waals surface area contributed by atoms with E-state index in [1.54, 1.807) is 6.92 Å². The number of likely N-dealkylation sites (tertiary alicyclic amines) is 1. The van der Waals surface area contributed by atoms with Crippen molar-refractivity contribution in [3.8, 4) is 11.4 Å². The van der Waals surface area contributed by atoms with Crippen LogP contribution in [0.25, 0.3) is 11.4 Å². The van der Waals surface area contributed by atoms with Crippen molar-refractivity contribution in [2.45, 2.75) is 51.6 Å². The zero-order valence-corrected chi connectivity index (χ0v) is 18.0. The molecule has 1 aliphatic carbocycles. The summed E-state index contributed by atoms with van der Waals surface area (Å²) in [6, 6.07) is 2.04. The molecule has 2 unspecified atom stereocenters. The van der Waals surface area contributed by atoms with Crippen LogP contribution in [0.4, 0.5) is 19.3 Å². The Kier molecular flexibility index (Phi) is 5.39. The fourth-order valence-electron chi connectivity index (χ4n) is 4.85. The van der Waals surface area contributed by atoms with Crippen LogP contribution in [0, 0.1) is 35.3 Å². The first-order valence-electron chi connectivity index (χ1n) is 10.3. The van der Waals surface area contributed by atoms with Crippen LogP contribution in [-0.4, -0.2) is 44.3 Å². The number of benzene rings is 1. The van der Waals surface area contributed by atoms with Gasteiger partial charge in [-0.05, 0) is 43.4 Å². The summed E-state index contributed by atoms with van der Waals surface area (Å²) in [4.78, 5) is 22.6. The number of piperidine rings is 1. The van der Waals surface area contributed by atoms with E-state index < -0.39 is 23.2 Å². The smallest absolute Gasteiger partial charge is 0.323 e. The zero-order chi connectivity index (χ0) is 23.2. The van der Waals surface area contributed by atoms with Crippen molar-refractivity contribution in [2.24, 2.45) is 5.92 Å². The van der Waals surface area contributed by atoms with E-state index in [4.69, 9.17) is 15.6 Å². The Labute approximate surface area is 184 Å². The van der Waals surface area contributed by atoms with E-state index in [0.29, 0.717) is 24.0 Å². The van der Waals surface area contributed by atoms with Crippen molar-refractivity contribution in [1.82, 2.24) is 14.9 Å². The van der Waals surface area contributed by atoms with E-state index in [2.05, 4.69) is 22.2 Å². The van der Waals surface area contributed by atoms with Gasteiger partial charge in [-0.3, -0.25) is 10.8 Å². The number of hydrogen-bond donors (Lipinski definition) is 3. The lowest BCUT2D eigenvalue weighted by Crippen LogP contribution is -2.75. The maximum absolute atomic E-state index is 14.7. The lowest BCUT2D eigenvalue weighted by molar-refractivity contribution is -0.0539. The van der Waals surface area contributed by atoms with Gasteiger partial charge in [0, 0.05) is 24.9 Å². The second-order valence-electron chi connectivity index (χ2n) is 8.59. The van der Waals surface area contributed by atoms with E-state index in [1.807, 2.05) is 0 Å². The van der Waals surface area contributed by atoms with Gasteiger partial charge in [0.05, 0.1) is 18.1 Å². The molecule has 0 radical (unpaired) electrons. The van der Waals surface area contributed by atoms with Crippen LogP contribution < -0.4 is 5.32 Å². The highest BCUT2D eigenvalue weighted by Gasteiger charge is 2.62. The number of carbonyl (C=O) groups is 1. The molecule has 32 heavy (non-hydrogen) atoms. The molecule has 3 N–H and O–H groups in total. The summed E-state index contributed by atoms with van der Waals surface area (Å²) in [6.45, 7) is 5.15. The number of urea groups is 1. The molecule has 2 aromatic rings. The number of nitrogens with zero attached hydrogens (tertiary/aromatic N) is 3. The van der Waals surface area contributed by atoms with Gasteiger partial charge in [-0.25, -0.2) is 23.5 Å². The van der Waals surface area contributed by atoms with Crippen LogP contribution in [0.1, 0.15) is 38.7 Å². The molecule has 168 valence electrons. The van der Waals surface area contributed by atoms with Gasteiger partial charge in [-0.1, -0.05) is 6.92 Å². The highest BCUT2D eigenvalue weighted by molar-refractivity contribution is 6.00. The second-order valence-corrected chi connectivity index (χ2v) is 8.59. The summed E-state index contributed by atoms with van der Waals surface area (Å²) in [5, 5.41) is 18.5. The zero-order valence-electron chi connectivity index (χ0n) is 18.0. The van der Waals surface area contributed by atoms with Crippen molar-refractivity contribution >= 4 is 23.5 Å². The van der Waals surface area contributed by atoms with Crippen molar-refractivity contribution in [2.75, 3.05) is 5.32 Å². The largest absolute Gasteiger partial charge is 0.428 e. The fraction of sp³-hybridized carbons (Fsp3) is 0.409. The van der Waals surface area contributed by atoms with E-state index in [0.717, 1.165) is 18.8 Å². The van der Waals surface area contributed by atoms with Gasteiger partial charge < -0.3 is 15.0 Å². The lowest BCUT2D eigenvalue weighted by Gasteiger charge is -2.62. The number of halogens is 2. The molecule has 1 saturated carbocycles. The summed E-state index contributed by atoms with van der Waals surface area (Å²) in [5.41, 5.74) is -0.00898. The first kappa shape index (κ1) is 21.8. The number of carbonyl (C=O) groups excluding carboxylic acids is 1. The Balaban J connectivity index is 1.62. The molecule has 2 fully saturated rings. The van der Waals surface area contributed by atoms with Crippen LogP contribution in [0.15, 0.2) is 24.5 Å². The van der Waals surface area contributed by atoms with Crippen LogP contribution in [0.3, 0.4) is 0 Å². The minimum atomic E-state index is -0.946. The molecular weight excluding hydrogens is 418 g/mol. The number of nitrogens with one attached hydrogen (secondary N) is 3. The SMILES string of the molecule is CC(=N)OC(=N)C12CC(C[C@H](C)C1)N2C(=O)Nc1cc(-c2ncc(F)cn2)c(C)cc1F. The van der Waals surface area contributed by atoms with Crippen molar-refractivity contribution in [3.63, 3.8) is 0 Å². The molecule has 1 aromatic heterocycles. The minimum Gasteiger partial charge on any atom is -0.428 e. The van der Waals surface area contributed by atoms with E-state index in [9.17, 15) is 13.6 Å². The molecule has 2 heterocycles. The average Bonchev–Trinajstić information content (AvgIpc) is 2.69. The number of anilines is 1. The highest BCUT2D eigenvalue weighted by Crippen LogP contribution is 2.50. The maximum Gasteiger partial charge on any atom is 0.323 e. The van der Waals surface area contributed by atoms with Gasteiger partial charge in [0.2, 0.25) is 5.90 Å². The topological polar surface area (TPSA) is 115 Å². The van der Waals surface area contributed by atoms with Gasteiger partial charge in [0.25, 0.3) is 0 Å². The third-order valence-electron chi connectivity index (χ3n) is 6.07. The number of amides is 2. The molecule has 2 aliphatic rings. The van der Waals surface area contributed by atoms with E-state index >= 15 is 0 Å². The fourth-order valence-corrected chi connectivity index (χ4v) is 4.85.